The van der Waals surface area contributed by atoms with E-state index in [4.69, 9.17) is 94.7 Å². The normalized spacial score (nSPS) is 31.9. The van der Waals surface area contributed by atoms with Gasteiger partial charge in [-0.2, -0.15) is 0 Å². The molecule has 4 saturated heterocycles. The lowest BCUT2D eigenvalue weighted by molar-refractivity contribution is -0.380. The molecule has 9 unspecified atom stereocenters. The first kappa shape index (κ1) is 71.8. The van der Waals surface area contributed by atoms with E-state index < -0.39 is 233 Å². The van der Waals surface area contributed by atoms with Gasteiger partial charge in [-0.25, -0.2) is 0 Å². The molecule has 0 aliphatic carbocycles. The molecule has 488 valence electrons. The number of esters is 13. The van der Waals surface area contributed by atoms with Gasteiger partial charge in [0.05, 0.1) is 6.61 Å². The van der Waals surface area contributed by atoms with Crippen LogP contribution in [0.4, 0.5) is 0 Å². The van der Waals surface area contributed by atoms with Crippen molar-refractivity contribution in [3.63, 3.8) is 0 Å². The summed E-state index contributed by atoms with van der Waals surface area (Å²) in [6, 6.07) is -1.70. The van der Waals surface area contributed by atoms with E-state index in [2.05, 4.69) is 5.32 Å². The van der Waals surface area contributed by atoms with Crippen molar-refractivity contribution in [2.24, 2.45) is 0 Å². The molecule has 1 amide bonds. The smallest absolute Gasteiger partial charge is 0.305 e. The second-order valence-electron chi connectivity index (χ2n) is 19.6. The van der Waals surface area contributed by atoms with Crippen molar-refractivity contribution in [1.29, 1.82) is 0 Å². The Labute approximate surface area is 495 Å². The minimum absolute atomic E-state index is 0.737. The van der Waals surface area contributed by atoms with E-state index in [9.17, 15) is 67.1 Å². The van der Waals surface area contributed by atoms with E-state index in [0.717, 1.165) is 96.9 Å². The molecule has 4 fully saturated rings. The van der Waals surface area contributed by atoms with Crippen molar-refractivity contribution in [3.05, 3.63) is 0 Å². The van der Waals surface area contributed by atoms with Gasteiger partial charge < -0.3 is 100 Å². The molecule has 1 N–H and O–H groups in total. The number of hydrogen-bond donors (Lipinski definition) is 1. The van der Waals surface area contributed by atoms with Crippen LogP contribution in [0.2, 0.25) is 0 Å². The van der Waals surface area contributed by atoms with Crippen molar-refractivity contribution >= 4 is 83.5 Å². The molecule has 0 aromatic carbocycles. The third-order valence-corrected chi connectivity index (χ3v) is 12.2. The quantitative estimate of drug-likeness (QED) is 0.0792. The van der Waals surface area contributed by atoms with Gasteiger partial charge in [-0.05, 0) is 0 Å². The first-order chi connectivity index (χ1) is 40.6. The summed E-state index contributed by atoms with van der Waals surface area (Å²) >= 11 is 0. The summed E-state index contributed by atoms with van der Waals surface area (Å²) in [5.41, 5.74) is 0. The maximum Gasteiger partial charge on any atom is 0.305 e. The number of carbonyl (C=O) groups excluding carboxylic acids is 14. The average molecular weight is 1250 g/mol. The van der Waals surface area contributed by atoms with Crippen molar-refractivity contribution in [3.8, 4) is 0 Å². The van der Waals surface area contributed by atoms with Crippen LogP contribution in [-0.2, 0) is 162 Å². The molecule has 87 heavy (non-hydrogen) atoms. The number of rotatable bonds is 24. The Hall–Kier alpha value is -7.70. The van der Waals surface area contributed by atoms with Crippen LogP contribution >= 0.6 is 0 Å². The Bertz CT molecular complexity index is 2540. The van der Waals surface area contributed by atoms with E-state index >= 15 is 0 Å². The lowest BCUT2D eigenvalue weighted by atomic mass is 9.94. The van der Waals surface area contributed by atoms with Crippen LogP contribution in [0.15, 0.2) is 0 Å². The van der Waals surface area contributed by atoms with Crippen LogP contribution in [0.5, 0.6) is 0 Å². The van der Waals surface area contributed by atoms with Gasteiger partial charge in [0.25, 0.3) is 0 Å². The van der Waals surface area contributed by atoms with Gasteiger partial charge in [-0.1, -0.05) is 0 Å². The Balaban J connectivity index is 2.10. The van der Waals surface area contributed by atoms with E-state index in [-0.39, 0.29) is 0 Å². The van der Waals surface area contributed by atoms with Crippen LogP contribution in [0.25, 0.3) is 0 Å². The second kappa shape index (κ2) is 32.9. The molecule has 4 aliphatic rings. The van der Waals surface area contributed by atoms with Gasteiger partial charge in [0.2, 0.25) is 12.2 Å². The third-order valence-electron chi connectivity index (χ3n) is 12.2. The molecule has 0 aromatic rings. The topological polar surface area (TPSA) is 436 Å². The molecule has 0 bridgehead atoms. The Morgan fingerprint density at radius 1 is 0.264 bits per heavy atom. The summed E-state index contributed by atoms with van der Waals surface area (Å²) in [7, 11) is 0. The molecule has 4 rings (SSSR count). The highest BCUT2D eigenvalue weighted by atomic mass is 16.8. The molecule has 35 nitrogen and oxygen atoms in total. The van der Waals surface area contributed by atoms with Gasteiger partial charge >= 0.3 is 77.6 Å². The Morgan fingerprint density at radius 2 is 0.529 bits per heavy atom. The molecule has 0 spiro atoms. The summed E-state index contributed by atoms with van der Waals surface area (Å²) in [5.74, 6) is -14.3. The van der Waals surface area contributed by atoms with Gasteiger partial charge in [0.1, 0.15) is 62.5 Å². The van der Waals surface area contributed by atoms with Gasteiger partial charge in [0, 0.05) is 96.9 Å². The monoisotopic (exact) mass is 1250 g/mol. The lowest BCUT2D eigenvalue weighted by Crippen LogP contribution is -2.70. The molecule has 4 heterocycles. The zero-order valence-electron chi connectivity index (χ0n) is 49.8. The minimum Gasteiger partial charge on any atom is -0.463 e. The molecule has 4 aliphatic heterocycles. The molecule has 0 aromatic heterocycles. The fourth-order valence-electron chi connectivity index (χ4n) is 9.43. The van der Waals surface area contributed by atoms with Gasteiger partial charge in [-0.15, -0.1) is 0 Å². The number of nitrogens with one attached hydrogen (secondary N) is 1. The van der Waals surface area contributed by atoms with Gasteiger partial charge in [0.15, 0.2) is 73.8 Å². The number of hydrogen-bond acceptors (Lipinski definition) is 34. The zero-order valence-corrected chi connectivity index (χ0v) is 49.8. The Kier molecular flexibility index (Phi) is 27.1. The number of ether oxygens (including phenoxy) is 20. The molecule has 20 atom stereocenters. The highest BCUT2D eigenvalue weighted by Gasteiger charge is 2.61. The molecule has 0 saturated carbocycles. The average Bonchev–Trinajstić information content (AvgIpc) is 0.959. The second-order valence-corrected chi connectivity index (χ2v) is 19.6. The third kappa shape index (κ3) is 21.9. The fraction of sp³-hybridized carbons (Fsp3) is 0.731. The molecule has 35 heteroatoms. The molecule has 0 radical (unpaired) electrons. The van der Waals surface area contributed by atoms with E-state index in [1.54, 1.807) is 0 Å². The largest absolute Gasteiger partial charge is 0.463 e. The number of carbonyl (C=O) groups is 14. The van der Waals surface area contributed by atoms with Crippen molar-refractivity contribution in [2.75, 3.05) is 26.4 Å². The first-order valence-corrected chi connectivity index (χ1v) is 26.6. The fourth-order valence-corrected chi connectivity index (χ4v) is 9.43. The summed E-state index contributed by atoms with van der Waals surface area (Å²) in [6.45, 7) is 9.88. The van der Waals surface area contributed by atoms with Crippen LogP contribution < -0.4 is 5.32 Å². The van der Waals surface area contributed by atoms with Crippen LogP contribution in [0, 0.1) is 0 Å². The maximum atomic E-state index is 13.5. The van der Waals surface area contributed by atoms with Crippen molar-refractivity contribution in [1.82, 2.24) is 5.32 Å². The zero-order chi connectivity index (χ0) is 65.3. The SMILES string of the molecule is CC(=O)NC1C(OC(C)=O)OC(COC(C)=O)[C@H](O[C@@H]2OC(CO[C@@H]3OC(COC(C)=O)[C@H](OC(C)=O)[C@H](OC(C)=O)C3OC(C)=O)[C@H](OC(C)=O)[C@H](O[C@H]3O[C@H](COC(C)=O)[C@@H](OC(C)=O)C(OC(C)=O)C3OC(C)=O)C2OC(C)=O)[C@@H]1OC(C)=O. The van der Waals surface area contributed by atoms with Crippen LogP contribution in [0.1, 0.15) is 96.9 Å². The predicted octanol–water partition coefficient (Wildman–Crippen LogP) is -2.18. The maximum absolute atomic E-state index is 13.5. The van der Waals surface area contributed by atoms with E-state index in [0.29, 0.717) is 0 Å². The summed E-state index contributed by atoms with van der Waals surface area (Å²) < 4.78 is 116. The minimum atomic E-state index is -2.30. The standard InChI is InChI=1S/C52H71NO34/c1-19(54)53-37-42(75-26(8)61)38(33(15-68-20(2)55)82-49(37)81-32(14)67)86-51-48(80-31(13)66)45(87-52-47(79-30(12)65)44(77-28(10)63)40(73-24(6)59)35(84-52)17-70-22(4)57)41(74-25(7)60)36(85-51)18-71-50-46(78-29(11)64)43(76-27(9)62)39(72-23(5)58)34(83-50)16-69-21(3)56/h33-52H,15-18H2,1-14H3,(H,53,54)/t33?,34?,35-,36?,37?,38+,39+,40-,41+,42-,43+,44?,45+,46?,47?,48?,49?,50-,51+,52-/m1/s1. The van der Waals surface area contributed by atoms with E-state index in [1.807, 2.05) is 0 Å². The highest BCUT2D eigenvalue weighted by Crippen LogP contribution is 2.39. The first-order valence-electron chi connectivity index (χ1n) is 26.6. The Morgan fingerprint density at radius 3 is 0.885 bits per heavy atom. The van der Waals surface area contributed by atoms with Crippen LogP contribution in [-0.4, -0.2) is 233 Å². The van der Waals surface area contributed by atoms with Crippen molar-refractivity contribution in [2.45, 2.75) is 220 Å². The highest BCUT2D eigenvalue weighted by molar-refractivity contribution is 5.74. The molecular formula is C52H71NO34. The summed E-state index contributed by atoms with van der Waals surface area (Å²) in [5, 5.41) is 2.46. The lowest BCUT2D eigenvalue weighted by Gasteiger charge is -2.51. The van der Waals surface area contributed by atoms with Gasteiger partial charge in [-0.3, -0.25) is 67.1 Å². The predicted molar refractivity (Wildman–Crippen MR) is 270 cm³/mol. The van der Waals surface area contributed by atoms with E-state index in [1.165, 1.54) is 0 Å². The summed E-state index contributed by atoms with van der Waals surface area (Å²) in [4.78, 5) is 179. The summed E-state index contributed by atoms with van der Waals surface area (Å²) in [6.07, 6.45) is -36.9. The van der Waals surface area contributed by atoms with Crippen molar-refractivity contribution < 1.29 is 162 Å². The number of amides is 1. The van der Waals surface area contributed by atoms with Crippen LogP contribution in [0.3, 0.4) is 0 Å². The molecular weight excluding hydrogens is 1180 g/mol.